The Morgan fingerprint density at radius 3 is 2.71 bits per heavy atom. The molecule has 1 saturated carbocycles. The maximum Gasteiger partial charge on any atom is 0.243 e. The number of fused-ring (bicyclic) bond motifs is 1. The van der Waals surface area contributed by atoms with Crippen molar-refractivity contribution in [3.8, 4) is 5.75 Å². The lowest BCUT2D eigenvalue weighted by atomic mass is 10.00. The SMILES string of the molecule is COc1ccc(S(=O)(=O)N2CC3CCC(O)C3C2)cc1Br. The molecule has 1 saturated heterocycles. The molecule has 3 unspecified atom stereocenters. The van der Waals surface area contributed by atoms with E-state index >= 15 is 0 Å². The molecule has 2 fully saturated rings. The molecule has 0 spiro atoms. The molecule has 1 N–H and O–H groups in total. The third-order valence-corrected chi connectivity index (χ3v) is 6.99. The number of methoxy groups -OCH3 is 1. The average Bonchev–Trinajstić information content (AvgIpc) is 3.02. The molecule has 1 aliphatic carbocycles. The number of aliphatic hydroxyl groups is 1. The first-order valence-corrected chi connectivity index (χ1v) is 9.18. The molecule has 21 heavy (non-hydrogen) atoms. The zero-order valence-electron chi connectivity index (χ0n) is 11.7. The molecule has 1 aliphatic heterocycles. The molecule has 2 aliphatic rings. The van der Waals surface area contributed by atoms with E-state index in [1.165, 1.54) is 11.4 Å². The molecular weight excluding hydrogens is 358 g/mol. The summed E-state index contributed by atoms with van der Waals surface area (Å²) in [7, 11) is -1.98. The number of aliphatic hydroxyl groups excluding tert-OH is 1. The molecule has 1 heterocycles. The summed E-state index contributed by atoms with van der Waals surface area (Å²) in [4.78, 5) is 0.254. The standard InChI is InChI=1S/C14H18BrNO4S/c1-20-14-5-3-10(6-12(14)15)21(18,19)16-7-9-2-4-13(17)11(9)8-16/h3,5-6,9,11,13,17H,2,4,7-8H2,1H3. The van der Waals surface area contributed by atoms with Crippen molar-refractivity contribution in [3.63, 3.8) is 0 Å². The summed E-state index contributed by atoms with van der Waals surface area (Å²) in [6.45, 7) is 0.922. The second-order valence-electron chi connectivity index (χ2n) is 5.69. The third-order valence-electron chi connectivity index (χ3n) is 4.55. The third kappa shape index (κ3) is 2.60. The molecule has 0 amide bonds. The van der Waals surface area contributed by atoms with Gasteiger partial charge in [0.05, 0.1) is 22.6 Å². The Hall–Kier alpha value is -0.630. The fourth-order valence-corrected chi connectivity index (χ4v) is 5.60. The fraction of sp³-hybridized carbons (Fsp3) is 0.571. The smallest absolute Gasteiger partial charge is 0.243 e. The van der Waals surface area contributed by atoms with Crippen LogP contribution in [-0.4, -0.2) is 44.1 Å². The van der Waals surface area contributed by atoms with Gasteiger partial charge in [-0.3, -0.25) is 0 Å². The van der Waals surface area contributed by atoms with E-state index in [1.54, 1.807) is 18.2 Å². The number of nitrogens with zero attached hydrogens (tertiary/aromatic N) is 1. The van der Waals surface area contributed by atoms with Crippen molar-refractivity contribution in [1.29, 1.82) is 0 Å². The molecule has 0 aromatic heterocycles. The largest absolute Gasteiger partial charge is 0.496 e. The minimum atomic E-state index is -3.51. The highest BCUT2D eigenvalue weighted by atomic mass is 79.9. The van der Waals surface area contributed by atoms with Crippen molar-refractivity contribution in [2.24, 2.45) is 11.8 Å². The molecule has 7 heteroatoms. The minimum absolute atomic E-state index is 0.0847. The number of halogens is 1. The van der Waals surface area contributed by atoms with Crippen molar-refractivity contribution < 1.29 is 18.3 Å². The van der Waals surface area contributed by atoms with E-state index in [9.17, 15) is 13.5 Å². The molecule has 5 nitrogen and oxygen atoms in total. The first-order valence-electron chi connectivity index (χ1n) is 6.95. The van der Waals surface area contributed by atoms with E-state index in [0.29, 0.717) is 23.3 Å². The number of ether oxygens (including phenoxy) is 1. The second-order valence-corrected chi connectivity index (χ2v) is 8.48. The average molecular weight is 376 g/mol. The summed E-state index contributed by atoms with van der Waals surface area (Å²) in [6, 6.07) is 4.77. The topological polar surface area (TPSA) is 66.8 Å². The van der Waals surface area contributed by atoms with Gasteiger partial charge in [-0.2, -0.15) is 4.31 Å². The lowest BCUT2D eigenvalue weighted by Gasteiger charge is -2.18. The van der Waals surface area contributed by atoms with E-state index in [-0.39, 0.29) is 22.8 Å². The van der Waals surface area contributed by atoms with Gasteiger partial charge in [0.2, 0.25) is 10.0 Å². The van der Waals surface area contributed by atoms with Gasteiger partial charge in [-0.25, -0.2) is 8.42 Å². The van der Waals surface area contributed by atoms with Crippen molar-refractivity contribution in [2.45, 2.75) is 23.8 Å². The quantitative estimate of drug-likeness (QED) is 0.875. The molecule has 3 rings (SSSR count). The van der Waals surface area contributed by atoms with Crippen LogP contribution in [0.1, 0.15) is 12.8 Å². The molecule has 3 atom stereocenters. The Labute approximate surface area is 133 Å². The summed E-state index contributed by atoms with van der Waals surface area (Å²) < 4.78 is 32.7. The van der Waals surface area contributed by atoms with Crippen LogP contribution in [0.3, 0.4) is 0 Å². The monoisotopic (exact) mass is 375 g/mol. The number of benzene rings is 1. The molecule has 0 radical (unpaired) electrons. The van der Waals surface area contributed by atoms with Crippen molar-refractivity contribution >= 4 is 26.0 Å². The Morgan fingerprint density at radius 1 is 1.33 bits per heavy atom. The van der Waals surface area contributed by atoms with E-state index in [2.05, 4.69) is 15.9 Å². The number of hydrogen-bond acceptors (Lipinski definition) is 4. The van der Waals surface area contributed by atoms with Crippen molar-refractivity contribution in [1.82, 2.24) is 4.31 Å². The predicted octanol–water partition coefficient (Wildman–Crippen LogP) is 1.85. The van der Waals surface area contributed by atoms with Crippen molar-refractivity contribution in [3.05, 3.63) is 22.7 Å². The van der Waals surface area contributed by atoms with Crippen LogP contribution in [-0.2, 0) is 10.0 Å². The zero-order valence-corrected chi connectivity index (χ0v) is 14.1. The van der Waals surface area contributed by atoms with Gasteiger partial charge in [0.15, 0.2) is 0 Å². The van der Waals surface area contributed by atoms with Crippen LogP contribution in [0.15, 0.2) is 27.6 Å². The number of rotatable bonds is 3. The van der Waals surface area contributed by atoms with Gasteiger partial charge >= 0.3 is 0 Å². The predicted molar refractivity (Wildman–Crippen MR) is 81.7 cm³/mol. The van der Waals surface area contributed by atoms with Crippen LogP contribution < -0.4 is 4.74 Å². The highest BCUT2D eigenvalue weighted by Gasteiger charge is 2.45. The van der Waals surface area contributed by atoms with Gasteiger partial charge in [-0.05, 0) is 52.9 Å². The van der Waals surface area contributed by atoms with Crippen LogP contribution in [0.2, 0.25) is 0 Å². The van der Waals surface area contributed by atoms with Crippen LogP contribution in [0.25, 0.3) is 0 Å². The van der Waals surface area contributed by atoms with Gasteiger partial charge in [0.25, 0.3) is 0 Å². The van der Waals surface area contributed by atoms with Crippen molar-refractivity contribution in [2.75, 3.05) is 20.2 Å². The summed E-state index contributed by atoms with van der Waals surface area (Å²) >= 11 is 3.32. The van der Waals surface area contributed by atoms with E-state index in [4.69, 9.17) is 4.74 Å². The molecule has 116 valence electrons. The fourth-order valence-electron chi connectivity index (χ4n) is 3.35. The van der Waals surface area contributed by atoms with Gasteiger partial charge in [-0.15, -0.1) is 0 Å². The Morgan fingerprint density at radius 2 is 2.10 bits per heavy atom. The lowest BCUT2D eigenvalue weighted by Crippen LogP contribution is -2.31. The van der Waals surface area contributed by atoms with Crippen LogP contribution in [0.5, 0.6) is 5.75 Å². The molecular formula is C14H18BrNO4S. The normalized spacial score (nSPS) is 29.6. The summed E-state index contributed by atoms with van der Waals surface area (Å²) in [5.74, 6) is 0.973. The maximum absolute atomic E-state index is 12.7. The van der Waals surface area contributed by atoms with Gasteiger partial charge in [0.1, 0.15) is 5.75 Å². The Bertz CT molecular complexity index is 648. The van der Waals surface area contributed by atoms with E-state index in [1.807, 2.05) is 0 Å². The first kappa shape index (κ1) is 15.3. The highest BCUT2D eigenvalue weighted by molar-refractivity contribution is 9.10. The summed E-state index contributed by atoms with van der Waals surface area (Å²) in [6.07, 6.45) is 1.33. The van der Waals surface area contributed by atoms with Crippen LogP contribution in [0, 0.1) is 11.8 Å². The lowest BCUT2D eigenvalue weighted by molar-refractivity contribution is 0.129. The van der Waals surface area contributed by atoms with Gasteiger partial charge in [0, 0.05) is 19.0 Å². The first-order chi connectivity index (χ1) is 9.93. The Kier molecular flexibility index (Phi) is 4.02. The zero-order chi connectivity index (χ0) is 15.2. The van der Waals surface area contributed by atoms with Crippen LogP contribution in [0.4, 0.5) is 0 Å². The van der Waals surface area contributed by atoms with Gasteiger partial charge < -0.3 is 9.84 Å². The highest BCUT2D eigenvalue weighted by Crippen LogP contribution is 2.40. The summed E-state index contributed by atoms with van der Waals surface area (Å²) in [5, 5.41) is 9.92. The maximum atomic E-state index is 12.7. The van der Waals surface area contributed by atoms with Crippen LogP contribution >= 0.6 is 15.9 Å². The second kappa shape index (κ2) is 5.53. The summed E-state index contributed by atoms with van der Waals surface area (Å²) in [5.41, 5.74) is 0. The molecule has 0 bridgehead atoms. The molecule has 1 aromatic rings. The number of sulfonamides is 1. The van der Waals surface area contributed by atoms with E-state index < -0.39 is 10.0 Å². The number of hydrogen-bond donors (Lipinski definition) is 1. The minimum Gasteiger partial charge on any atom is -0.496 e. The van der Waals surface area contributed by atoms with Gasteiger partial charge in [-0.1, -0.05) is 0 Å². The molecule has 1 aromatic carbocycles. The Balaban J connectivity index is 1.86. The van der Waals surface area contributed by atoms with E-state index in [0.717, 1.165) is 12.8 Å².